The average Bonchev–Trinajstić information content (AvgIpc) is 2.69. The van der Waals surface area contributed by atoms with Gasteiger partial charge in [0.15, 0.2) is 14.1 Å². The predicted molar refractivity (Wildman–Crippen MR) is 93.8 cm³/mol. The zero-order valence-corrected chi connectivity index (χ0v) is 16.1. The van der Waals surface area contributed by atoms with Gasteiger partial charge in [-0.15, -0.1) is 6.58 Å². The molecule has 130 valence electrons. The summed E-state index contributed by atoms with van der Waals surface area (Å²) in [6.45, 7) is 15.6. The van der Waals surface area contributed by atoms with Crippen LogP contribution in [-0.2, 0) is 18.7 Å². The second kappa shape index (κ2) is 6.28. The SMILES string of the molecule is C=CCCOC12C=CC(CO[Si](C)(C)C(C)(C)C)(CC(=O)C1)O2. The van der Waals surface area contributed by atoms with Crippen molar-refractivity contribution in [1.29, 1.82) is 0 Å². The van der Waals surface area contributed by atoms with Crippen LogP contribution in [0.5, 0.6) is 0 Å². The first-order valence-electron chi connectivity index (χ1n) is 8.34. The Morgan fingerprint density at radius 3 is 2.65 bits per heavy atom. The molecule has 0 aliphatic carbocycles. The van der Waals surface area contributed by atoms with Crippen LogP contribution in [0.4, 0.5) is 0 Å². The van der Waals surface area contributed by atoms with Crippen molar-refractivity contribution in [2.45, 2.75) is 69.6 Å². The Morgan fingerprint density at radius 1 is 1.35 bits per heavy atom. The molecule has 0 radical (unpaired) electrons. The van der Waals surface area contributed by atoms with E-state index in [1.54, 1.807) is 6.08 Å². The predicted octanol–water partition coefficient (Wildman–Crippen LogP) is 3.99. The van der Waals surface area contributed by atoms with Crippen molar-refractivity contribution >= 4 is 14.1 Å². The third-order valence-corrected chi connectivity index (χ3v) is 9.59. The minimum Gasteiger partial charge on any atom is -0.414 e. The molecule has 0 aromatic rings. The largest absolute Gasteiger partial charge is 0.414 e. The summed E-state index contributed by atoms with van der Waals surface area (Å²) >= 11 is 0. The van der Waals surface area contributed by atoms with Crippen LogP contribution in [0.15, 0.2) is 24.8 Å². The monoisotopic (exact) mass is 338 g/mol. The van der Waals surface area contributed by atoms with E-state index in [0.717, 1.165) is 6.42 Å². The van der Waals surface area contributed by atoms with Gasteiger partial charge in [-0.05, 0) is 36.7 Å². The second-order valence-corrected chi connectivity index (χ2v) is 13.0. The van der Waals surface area contributed by atoms with E-state index in [-0.39, 0.29) is 17.2 Å². The van der Waals surface area contributed by atoms with E-state index in [1.165, 1.54) is 0 Å². The van der Waals surface area contributed by atoms with Gasteiger partial charge in [0.2, 0.25) is 0 Å². The Balaban J connectivity index is 2.06. The lowest BCUT2D eigenvalue weighted by Gasteiger charge is -2.42. The lowest BCUT2D eigenvalue weighted by atomic mass is 9.95. The summed E-state index contributed by atoms with van der Waals surface area (Å²) in [4.78, 5) is 12.2. The van der Waals surface area contributed by atoms with Gasteiger partial charge in [0.25, 0.3) is 0 Å². The van der Waals surface area contributed by atoms with Gasteiger partial charge in [-0.25, -0.2) is 0 Å². The highest BCUT2D eigenvalue weighted by Crippen LogP contribution is 2.44. The van der Waals surface area contributed by atoms with Crippen LogP contribution in [0.25, 0.3) is 0 Å². The van der Waals surface area contributed by atoms with Crippen LogP contribution in [0.1, 0.15) is 40.0 Å². The standard InChI is InChI=1S/C18H30O4Si/c1-7-8-11-20-18-10-9-17(22-18,12-15(19)13-18)14-21-23(5,6)16(2,3)4/h7,9-10H,1,8,11-14H2,2-6H3. The lowest BCUT2D eigenvalue weighted by molar-refractivity contribution is -0.255. The minimum atomic E-state index is -1.89. The van der Waals surface area contributed by atoms with Crippen LogP contribution in [0.2, 0.25) is 18.1 Å². The average molecular weight is 339 g/mol. The molecule has 0 aromatic carbocycles. The van der Waals surface area contributed by atoms with Crippen LogP contribution >= 0.6 is 0 Å². The summed E-state index contributed by atoms with van der Waals surface area (Å²) in [7, 11) is -1.89. The number of rotatable bonds is 7. The van der Waals surface area contributed by atoms with Crippen molar-refractivity contribution in [3.63, 3.8) is 0 Å². The Hall–Kier alpha value is -0.753. The fraction of sp³-hybridized carbons (Fsp3) is 0.722. The normalized spacial score (nSPS) is 30.7. The first kappa shape index (κ1) is 18.6. The summed E-state index contributed by atoms with van der Waals surface area (Å²) in [5.41, 5.74) is -0.668. The Morgan fingerprint density at radius 2 is 2.04 bits per heavy atom. The van der Waals surface area contributed by atoms with Crippen LogP contribution in [-0.4, -0.2) is 38.7 Å². The highest BCUT2D eigenvalue weighted by Gasteiger charge is 2.53. The zero-order chi connectivity index (χ0) is 17.4. The molecule has 1 fully saturated rings. The molecule has 23 heavy (non-hydrogen) atoms. The summed E-state index contributed by atoms with van der Waals surface area (Å²) in [6.07, 6.45) is 7.05. The minimum absolute atomic E-state index is 0.127. The maximum Gasteiger partial charge on any atom is 0.195 e. The van der Waals surface area contributed by atoms with Gasteiger partial charge in [0.1, 0.15) is 11.4 Å². The first-order chi connectivity index (χ1) is 10.5. The molecule has 2 rings (SSSR count). The van der Waals surface area contributed by atoms with Crippen molar-refractivity contribution in [1.82, 2.24) is 0 Å². The molecule has 2 heterocycles. The molecule has 4 nitrogen and oxygen atoms in total. The van der Waals surface area contributed by atoms with E-state index in [4.69, 9.17) is 13.9 Å². The molecule has 2 unspecified atom stereocenters. The van der Waals surface area contributed by atoms with Gasteiger partial charge in [-0.1, -0.05) is 26.8 Å². The van der Waals surface area contributed by atoms with Crippen LogP contribution < -0.4 is 0 Å². The number of carbonyl (C=O) groups is 1. The van der Waals surface area contributed by atoms with E-state index < -0.39 is 19.7 Å². The number of fused-ring (bicyclic) bond motifs is 2. The summed E-state index contributed by atoms with van der Waals surface area (Å²) < 4.78 is 18.4. The van der Waals surface area contributed by atoms with E-state index in [9.17, 15) is 4.79 Å². The van der Waals surface area contributed by atoms with E-state index in [1.807, 2.05) is 12.2 Å². The van der Waals surface area contributed by atoms with Gasteiger partial charge in [-0.3, -0.25) is 4.79 Å². The zero-order valence-electron chi connectivity index (χ0n) is 15.1. The second-order valence-electron chi connectivity index (χ2n) is 8.18. The van der Waals surface area contributed by atoms with Crippen LogP contribution in [0, 0.1) is 0 Å². The molecule has 1 saturated heterocycles. The summed E-state index contributed by atoms with van der Waals surface area (Å²) in [6, 6.07) is 0. The van der Waals surface area contributed by atoms with E-state index in [0.29, 0.717) is 19.6 Å². The van der Waals surface area contributed by atoms with Gasteiger partial charge in [-0.2, -0.15) is 0 Å². The number of ether oxygens (including phenoxy) is 2. The Bertz CT molecular complexity index is 506. The van der Waals surface area contributed by atoms with Crippen molar-refractivity contribution in [2.24, 2.45) is 0 Å². The van der Waals surface area contributed by atoms with Crippen molar-refractivity contribution < 1.29 is 18.7 Å². The molecule has 0 N–H and O–H groups in total. The maximum absolute atomic E-state index is 12.2. The molecule has 0 amide bonds. The molecule has 0 spiro atoms. The number of hydrogen-bond acceptors (Lipinski definition) is 4. The number of carbonyl (C=O) groups excluding carboxylic acids is 1. The molecule has 2 atom stereocenters. The molecular weight excluding hydrogens is 308 g/mol. The van der Waals surface area contributed by atoms with Gasteiger partial charge in [0, 0.05) is 6.42 Å². The quantitative estimate of drug-likeness (QED) is 0.400. The lowest BCUT2D eigenvalue weighted by Crippen LogP contribution is -2.52. The smallest absolute Gasteiger partial charge is 0.195 e. The van der Waals surface area contributed by atoms with Gasteiger partial charge < -0.3 is 13.9 Å². The Kier molecular flexibility index (Phi) is 5.07. The fourth-order valence-electron chi connectivity index (χ4n) is 2.64. The van der Waals surface area contributed by atoms with E-state index >= 15 is 0 Å². The van der Waals surface area contributed by atoms with Gasteiger partial charge >= 0.3 is 0 Å². The topological polar surface area (TPSA) is 44.8 Å². The molecule has 5 heteroatoms. The third-order valence-electron chi connectivity index (χ3n) is 5.11. The first-order valence-corrected chi connectivity index (χ1v) is 11.3. The van der Waals surface area contributed by atoms with Crippen LogP contribution in [0.3, 0.4) is 0 Å². The Labute approximate surface area is 141 Å². The van der Waals surface area contributed by atoms with Gasteiger partial charge in [0.05, 0.1) is 19.6 Å². The highest BCUT2D eigenvalue weighted by atomic mass is 28.4. The number of ketones is 1. The van der Waals surface area contributed by atoms with Crippen molar-refractivity contribution in [3.8, 4) is 0 Å². The summed E-state index contributed by atoms with van der Waals surface area (Å²) in [5.74, 6) is -0.742. The maximum atomic E-state index is 12.2. The molecule has 2 aliphatic rings. The number of hydrogen-bond donors (Lipinski definition) is 0. The summed E-state index contributed by atoms with van der Waals surface area (Å²) in [5, 5.41) is 0.127. The number of Topliss-reactive ketones (excluding diaryl/α,β-unsaturated/α-hetero) is 1. The van der Waals surface area contributed by atoms with Crippen molar-refractivity contribution in [2.75, 3.05) is 13.2 Å². The third kappa shape index (κ3) is 4.02. The highest BCUT2D eigenvalue weighted by molar-refractivity contribution is 6.74. The molecule has 0 saturated carbocycles. The fourth-order valence-corrected chi connectivity index (χ4v) is 3.68. The van der Waals surface area contributed by atoms with E-state index in [2.05, 4.69) is 40.4 Å². The molecule has 2 bridgehead atoms. The van der Waals surface area contributed by atoms with Crippen molar-refractivity contribution in [3.05, 3.63) is 24.8 Å². The molecule has 0 aromatic heterocycles. The molecular formula is C18H30O4Si. The molecule has 2 aliphatic heterocycles.